The van der Waals surface area contributed by atoms with Crippen LogP contribution in [-0.4, -0.2) is 39.9 Å². The van der Waals surface area contributed by atoms with Gasteiger partial charge in [-0.3, -0.25) is 9.88 Å². The first-order valence-electron chi connectivity index (χ1n) is 9.43. The zero-order valence-corrected chi connectivity index (χ0v) is 16.5. The monoisotopic (exact) mass is 398 g/mol. The number of para-hydroxylation sites is 1. The maximum absolute atomic E-state index is 12.4. The van der Waals surface area contributed by atoms with E-state index in [1.807, 2.05) is 18.2 Å². The van der Waals surface area contributed by atoms with Gasteiger partial charge in [0, 0.05) is 29.6 Å². The van der Waals surface area contributed by atoms with Crippen LogP contribution in [0.3, 0.4) is 0 Å². The fourth-order valence-corrected chi connectivity index (χ4v) is 3.90. The number of hydrogen-bond acceptors (Lipinski definition) is 4. The van der Waals surface area contributed by atoms with Crippen molar-refractivity contribution in [2.45, 2.75) is 25.3 Å². The van der Waals surface area contributed by atoms with Crippen LogP contribution in [0.15, 0.2) is 53.3 Å². The smallest absolute Gasteiger partial charge is 0.348 e. The lowest BCUT2D eigenvalue weighted by Gasteiger charge is -2.31. The summed E-state index contributed by atoms with van der Waals surface area (Å²) in [6.07, 6.45) is 2.08. The molecular formula is C21H23ClN4O2. The highest BCUT2D eigenvalue weighted by molar-refractivity contribution is 6.30. The molecule has 0 spiro atoms. The van der Waals surface area contributed by atoms with Crippen LogP contribution in [0.1, 0.15) is 30.1 Å². The van der Waals surface area contributed by atoms with Crippen LogP contribution in [0.25, 0.3) is 5.69 Å². The Morgan fingerprint density at radius 3 is 2.79 bits per heavy atom. The van der Waals surface area contributed by atoms with E-state index < -0.39 is 0 Å². The van der Waals surface area contributed by atoms with Gasteiger partial charge in [0.15, 0.2) is 0 Å². The lowest BCUT2D eigenvalue weighted by atomic mass is 9.97. The van der Waals surface area contributed by atoms with Crippen LogP contribution < -0.4 is 10.4 Å². The Labute approximate surface area is 168 Å². The molecule has 1 unspecified atom stereocenters. The third-order valence-corrected chi connectivity index (χ3v) is 5.44. The molecule has 0 amide bonds. The maximum atomic E-state index is 12.4. The van der Waals surface area contributed by atoms with Crippen LogP contribution in [0.2, 0.25) is 5.02 Å². The number of benzene rings is 2. The average Bonchev–Trinajstić information content (AvgIpc) is 3.11. The Balaban J connectivity index is 1.51. The van der Waals surface area contributed by atoms with Crippen molar-refractivity contribution < 1.29 is 4.74 Å². The molecule has 4 rings (SSSR count). The van der Waals surface area contributed by atoms with E-state index in [1.54, 1.807) is 31.4 Å². The molecule has 0 bridgehead atoms. The number of hydrogen-bond donors (Lipinski definition) is 1. The van der Waals surface area contributed by atoms with E-state index in [4.69, 9.17) is 16.3 Å². The van der Waals surface area contributed by atoms with E-state index in [2.05, 4.69) is 21.0 Å². The lowest BCUT2D eigenvalue weighted by molar-refractivity contribution is 0.194. The third kappa shape index (κ3) is 3.98. The average molecular weight is 399 g/mol. The van der Waals surface area contributed by atoms with Gasteiger partial charge >= 0.3 is 5.69 Å². The fraction of sp³-hybridized carbons (Fsp3) is 0.333. The number of H-pyrrole nitrogens is 1. The number of methoxy groups -OCH3 is 1. The molecule has 1 fully saturated rings. The van der Waals surface area contributed by atoms with E-state index in [-0.39, 0.29) is 11.6 Å². The molecule has 0 radical (unpaired) electrons. The first kappa shape index (κ1) is 18.8. The summed E-state index contributed by atoms with van der Waals surface area (Å²) >= 11 is 5.94. The van der Waals surface area contributed by atoms with Crippen molar-refractivity contribution in [3.05, 3.63) is 75.4 Å². The molecule has 3 aromatic rings. The van der Waals surface area contributed by atoms with Crippen molar-refractivity contribution in [3.8, 4) is 11.4 Å². The highest BCUT2D eigenvalue weighted by Gasteiger charge is 2.25. The number of aromatic nitrogens is 3. The first-order valence-corrected chi connectivity index (χ1v) is 9.81. The lowest BCUT2D eigenvalue weighted by Crippen LogP contribution is -2.34. The van der Waals surface area contributed by atoms with Gasteiger partial charge in [-0.2, -0.15) is 4.68 Å². The zero-order valence-electron chi connectivity index (χ0n) is 15.8. The first-order chi connectivity index (χ1) is 13.6. The van der Waals surface area contributed by atoms with Gasteiger partial charge in [0.2, 0.25) is 0 Å². The summed E-state index contributed by atoms with van der Waals surface area (Å²) in [6.45, 7) is 2.70. The zero-order chi connectivity index (χ0) is 19.5. The minimum atomic E-state index is -0.223. The normalized spacial score (nSPS) is 17.6. The number of nitrogens with one attached hydrogen (secondary N) is 1. The number of aromatic amines is 1. The van der Waals surface area contributed by atoms with Crippen molar-refractivity contribution in [1.82, 2.24) is 19.7 Å². The molecule has 1 aromatic heterocycles. The molecule has 146 valence electrons. The minimum Gasteiger partial charge on any atom is -0.496 e. The molecule has 1 aliphatic rings. The predicted octanol–water partition coefficient (Wildman–Crippen LogP) is 3.60. The highest BCUT2D eigenvalue weighted by Crippen LogP contribution is 2.27. The predicted molar refractivity (Wildman–Crippen MR) is 109 cm³/mol. The Kier molecular flexibility index (Phi) is 5.50. The number of nitrogens with zero attached hydrogens (tertiary/aromatic N) is 3. The number of piperidine rings is 1. The standard InChI is InChI=1S/C21H23ClN4O2/c1-28-19-7-3-2-5-15(19)13-25-12-4-6-16(14-25)20-23-21(27)26(24-20)18-10-8-17(22)9-11-18/h2-3,5,7-11,16H,4,6,12-14H2,1H3,(H,23,24,27). The van der Waals surface area contributed by atoms with Crippen LogP contribution in [0, 0.1) is 0 Å². The molecule has 7 heteroatoms. The van der Waals surface area contributed by atoms with Crippen molar-refractivity contribution in [1.29, 1.82) is 0 Å². The van der Waals surface area contributed by atoms with Crippen molar-refractivity contribution in [3.63, 3.8) is 0 Å². The molecule has 1 atom stereocenters. The van der Waals surface area contributed by atoms with Crippen molar-refractivity contribution in [2.75, 3.05) is 20.2 Å². The Morgan fingerprint density at radius 2 is 2.00 bits per heavy atom. The van der Waals surface area contributed by atoms with Gasteiger partial charge in [0.25, 0.3) is 0 Å². The molecule has 1 N–H and O–H groups in total. The van der Waals surface area contributed by atoms with Crippen LogP contribution >= 0.6 is 11.6 Å². The van der Waals surface area contributed by atoms with E-state index in [0.29, 0.717) is 10.7 Å². The van der Waals surface area contributed by atoms with E-state index in [9.17, 15) is 4.79 Å². The highest BCUT2D eigenvalue weighted by atomic mass is 35.5. The second kappa shape index (κ2) is 8.20. The molecule has 28 heavy (non-hydrogen) atoms. The summed E-state index contributed by atoms with van der Waals surface area (Å²) in [7, 11) is 1.70. The van der Waals surface area contributed by atoms with Gasteiger partial charge in [-0.25, -0.2) is 4.79 Å². The van der Waals surface area contributed by atoms with Gasteiger partial charge in [-0.15, -0.1) is 5.10 Å². The summed E-state index contributed by atoms with van der Waals surface area (Å²) in [5.74, 6) is 1.85. The van der Waals surface area contributed by atoms with Crippen LogP contribution in [-0.2, 0) is 6.54 Å². The SMILES string of the molecule is COc1ccccc1CN1CCCC(c2nn(-c3ccc(Cl)cc3)c(=O)[nH]2)C1. The van der Waals surface area contributed by atoms with Gasteiger partial charge < -0.3 is 4.74 Å². The molecular weight excluding hydrogens is 376 g/mol. The second-order valence-corrected chi connectivity index (χ2v) is 7.53. The molecule has 6 nitrogen and oxygen atoms in total. The molecule has 0 saturated carbocycles. The van der Waals surface area contributed by atoms with E-state index >= 15 is 0 Å². The van der Waals surface area contributed by atoms with Gasteiger partial charge in [0.1, 0.15) is 11.6 Å². The number of likely N-dealkylation sites (tertiary alicyclic amines) is 1. The summed E-state index contributed by atoms with van der Waals surface area (Å²) < 4.78 is 6.88. The largest absolute Gasteiger partial charge is 0.496 e. The van der Waals surface area contributed by atoms with Crippen LogP contribution in [0.5, 0.6) is 5.75 Å². The van der Waals surface area contributed by atoms with Gasteiger partial charge in [-0.1, -0.05) is 29.8 Å². The Hall–Kier alpha value is -2.57. The Bertz CT molecular complexity index is 996. The number of rotatable bonds is 5. The molecule has 2 aromatic carbocycles. The topological polar surface area (TPSA) is 63.1 Å². The van der Waals surface area contributed by atoms with Crippen LogP contribution in [0.4, 0.5) is 0 Å². The fourth-order valence-electron chi connectivity index (χ4n) is 3.78. The van der Waals surface area contributed by atoms with Gasteiger partial charge in [0.05, 0.1) is 12.8 Å². The molecule has 1 saturated heterocycles. The quantitative estimate of drug-likeness (QED) is 0.713. The van der Waals surface area contributed by atoms with E-state index in [1.165, 1.54) is 10.2 Å². The third-order valence-electron chi connectivity index (χ3n) is 5.18. The molecule has 2 heterocycles. The maximum Gasteiger partial charge on any atom is 0.348 e. The van der Waals surface area contributed by atoms with Crippen molar-refractivity contribution in [2.24, 2.45) is 0 Å². The molecule has 1 aliphatic heterocycles. The van der Waals surface area contributed by atoms with Gasteiger partial charge in [-0.05, 0) is 49.7 Å². The minimum absolute atomic E-state index is 0.199. The summed E-state index contributed by atoms with van der Waals surface area (Å²) in [6, 6.07) is 15.2. The van der Waals surface area contributed by atoms with Crippen molar-refractivity contribution >= 4 is 11.6 Å². The number of halogens is 1. The Morgan fingerprint density at radius 1 is 1.21 bits per heavy atom. The second-order valence-electron chi connectivity index (χ2n) is 7.09. The summed E-state index contributed by atoms with van der Waals surface area (Å²) in [5, 5.41) is 5.19. The summed E-state index contributed by atoms with van der Waals surface area (Å²) in [5.41, 5.74) is 1.66. The molecule has 0 aliphatic carbocycles. The van der Waals surface area contributed by atoms with E-state index in [0.717, 1.165) is 44.0 Å². The number of ether oxygens (including phenoxy) is 1. The summed E-state index contributed by atoms with van der Waals surface area (Å²) in [4.78, 5) is 17.7.